The van der Waals surface area contributed by atoms with Crippen LogP contribution < -0.4 is 15.0 Å². The van der Waals surface area contributed by atoms with Gasteiger partial charge in [0.25, 0.3) is 0 Å². The number of halogens is 1. The number of sulfone groups is 1. The van der Waals surface area contributed by atoms with E-state index in [4.69, 9.17) is 9.72 Å². The Morgan fingerprint density at radius 3 is 2.96 bits per heavy atom. The molecule has 1 fully saturated rings. The van der Waals surface area contributed by atoms with Crippen LogP contribution in [-0.4, -0.2) is 56.9 Å². The molecule has 0 aliphatic carbocycles. The predicted octanol–water partition coefficient (Wildman–Crippen LogP) is 2.37. The van der Waals surface area contributed by atoms with Crippen molar-refractivity contribution in [3.63, 3.8) is 0 Å². The van der Waals surface area contributed by atoms with Gasteiger partial charge < -0.3 is 15.0 Å². The molecule has 0 bridgehead atoms. The average molecular weight is 441 g/mol. The second-order valence-corrected chi connectivity index (χ2v) is 9.47. The highest BCUT2D eigenvalue weighted by Crippen LogP contribution is 2.32. The molecule has 1 saturated heterocycles. The molecule has 0 radical (unpaired) electrons. The van der Waals surface area contributed by atoms with E-state index in [2.05, 4.69) is 15.2 Å². The van der Waals surface area contributed by atoms with Gasteiger partial charge in [0, 0.05) is 32.1 Å². The highest BCUT2D eigenvalue weighted by molar-refractivity contribution is 7.90. The van der Waals surface area contributed by atoms with Gasteiger partial charge in [-0.2, -0.15) is 0 Å². The van der Waals surface area contributed by atoms with E-state index in [1.807, 2.05) is 12.1 Å². The summed E-state index contributed by atoms with van der Waals surface area (Å²) in [4.78, 5) is 11.3. The number of hydrogen-bond donors (Lipinski definition) is 1. The van der Waals surface area contributed by atoms with E-state index < -0.39 is 9.84 Å². The van der Waals surface area contributed by atoms with Crippen LogP contribution in [0.3, 0.4) is 0 Å². The van der Waals surface area contributed by atoms with Crippen molar-refractivity contribution >= 4 is 48.9 Å². The van der Waals surface area contributed by atoms with Crippen LogP contribution in [0, 0.1) is 0 Å². The number of nitrogens with one attached hydrogen (secondary N) is 1. The molecule has 3 heterocycles. The molecule has 2 aromatic heterocycles. The van der Waals surface area contributed by atoms with Gasteiger partial charge in [-0.15, -0.1) is 12.4 Å². The number of ether oxygens (including phenoxy) is 1. The minimum atomic E-state index is -3.23. The van der Waals surface area contributed by atoms with Gasteiger partial charge in [-0.25, -0.2) is 13.4 Å². The molecule has 0 saturated carbocycles. The van der Waals surface area contributed by atoms with Crippen LogP contribution in [0.15, 0.2) is 47.6 Å². The van der Waals surface area contributed by atoms with E-state index >= 15 is 0 Å². The van der Waals surface area contributed by atoms with E-state index in [-0.39, 0.29) is 18.4 Å². The number of fused-ring (bicyclic) bond motifs is 1. The second-order valence-electron chi connectivity index (χ2n) is 6.45. The van der Waals surface area contributed by atoms with Crippen molar-refractivity contribution in [1.29, 1.82) is 0 Å². The minimum absolute atomic E-state index is 0. The first-order chi connectivity index (χ1) is 13.0. The Kier molecular flexibility index (Phi) is 6.39. The molecule has 1 unspecified atom stereocenters. The van der Waals surface area contributed by atoms with Crippen LogP contribution >= 0.6 is 23.7 Å². The summed E-state index contributed by atoms with van der Waals surface area (Å²) in [5.41, 5.74) is 0.813. The van der Waals surface area contributed by atoms with Crippen LogP contribution in [0.25, 0.3) is 10.2 Å². The van der Waals surface area contributed by atoms with Gasteiger partial charge in [0.15, 0.2) is 15.0 Å². The van der Waals surface area contributed by atoms with Crippen molar-refractivity contribution in [2.45, 2.75) is 10.9 Å². The predicted molar refractivity (Wildman–Crippen MR) is 114 cm³/mol. The fourth-order valence-electron chi connectivity index (χ4n) is 3.03. The van der Waals surface area contributed by atoms with Gasteiger partial charge in [-0.05, 0) is 30.3 Å². The van der Waals surface area contributed by atoms with E-state index in [9.17, 15) is 8.42 Å². The highest BCUT2D eigenvalue weighted by Gasteiger charge is 2.26. The smallest absolute Gasteiger partial charge is 0.186 e. The summed E-state index contributed by atoms with van der Waals surface area (Å²) >= 11 is 1.51. The Bertz CT molecular complexity index is 1040. The summed E-state index contributed by atoms with van der Waals surface area (Å²) in [5.74, 6) is 0.741. The number of anilines is 1. The molecule has 10 heteroatoms. The Morgan fingerprint density at radius 1 is 1.36 bits per heavy atom. The van der Waals surface area contributed by atoms with Crippen molar-refractivity contribution in [3.05, 3.63) is 42.7 Å². The Morgan fingerprint density at radius 2 is 2.21 bits per heavy atom. The standard InChI is InChI=1S/C18H20N4O3S2.ClH/c1-27(23,24)15-4-5-16-17(9-15)26-18(21-16)22-8-7-20-10-13(22)12-25-14-3-2-6-19-11-14;/h2-6,9,11,13,20H,7-8,10,12H2,1H3;1H. The number of benzene rings is 1. The van der Waals surface area contributed by atoms with E-state index in [0.29, 0.717) is 11.5 Å². The number of thiazole rings is 1. The molecule has 1 aliphatic rings. The molecule has 1 aliphatic heterocycles. The molecular weight excluding hydrogens is 420 g/mol. The highest BCUT2D eigenvalue weighted by atomic mass is 35.5. The zero-order valence-electron chi connectivity index (χ0n) is 15.2. The summed E-state index contributed by atoms with van der Waals surface area (Å²) in [6.45, 7) is 3.00. The van der Waals surface area contributed by atoms with Crippen LogP contribution in [0.4, 0.5) is 5.13 Å². The number of aromatic nitrogens is 2. The molecule has 3 aromatic rings. The molecule has 4 rings (SSSR count). The first kappa shape index (κ1) is 20.8. The molecule has 28 heavy (non-hydrogen) atoms. The zero-order chi connectivity index (χ0) is 18.9. The third-order valence-electron chi connectivity index (χ3n) is 4.45. The third-order valence-corrected chi connectivity index (χ3v) is 6.61. The number of hydrogen-bond acceptors (Lipinski definition) is 8. The molecule has 1 atom stereocenters. The lowest BCUT2D eigenvalue weighted by atomic mass is 10.2. The van der Waals surface area contributed by atoms with E-state index in [0.717, 1.165) is 40.7 Å². The molecular formula is C18H21ClN4O3S2. The lowest BCUT2D eigenvalue weighted by Crippen LogP contribution is -2.54. The van der Waals surface area contributed by atoms with Gasteiger partial charge in [-0.1, -0.05) is 11.3 Å². The number of rotatable bonds is 5. The molecule has 7 nitrogen and oxygen atoms in total. The van der Waals surface area contributed by atoms with Crippen molar-refractivity contribution in [3.8, 4) is 5.75 Å². The normalized spacial score (nSPS) is 17.3. The summed E-state index contributed by atoms with van der Waals surface area (Å²) in [6.07, 6.45) is 4.64. The van der Waals surface area contributed by atoms with Crippen molar-refractivity contribution < 1.29 is 13.2 Å². The summed E-state index contributed by atoms with van der Waals surface area (Å²) < 4.78 is 30.4. The lowest BCUT2D eigenvalue weighted by molar-refractivity contribution is 0.266. The molecule has 150 valence electrons. The van der Waals surface area contributed by atoms with Crippen molar-refractivity contribution in [2.24, 2.45) is 0 Å². The van der Waals surface area contributed by atoms with Crippen LogP contribution in [-0.2, 0) is 9.84 Å². The SMILES string of the molecule is CS(=O)(=O)c1ccc2nc(N3CCNCC3COc3cccnc3)sc2c1.Cl. The van der Waals surface area contributed by atoms with Crippen LogP contribution in [0.1, 0.15) is 0 Å². The molecule has 1 aromatic carbocycles. The fourth-order valence-corrected chi connectivity index (χ4v) is 4.86. The zero-order valence-corrected chi connectivity index (χ0v) is 17.7. The average Bonchev–Trinajstić information content (AvgIpc) is 3.10. The number of pyridine rings is 1. The maximum absolute atomic E-state index is 11.8. The topological polar surface area (TPSA) is 84.4 Å². The number of nitrogens with zero attached hydrogens (tertiary/aromatic N) is 3. The van der Waals surface area contributed by atoms with Crippen LogP contribution in [0.2, 0.25) is 0 Å². The van der Waals surface area contributed by atoms with Gasteiger partial charge >= 0.3 is 0 Å². The summed E-state index contributed by atoms with van der Waals surface area (Å²) in [7, 11) is -3.23. The van der Waals surface area contributed by atoms with Gasteiger partial charge in [0.05, 0.1) is 27.4 Å². The third kappa shape index (κ3) is 4.54. The molecule has 1 N–H and O–H groups in total. The lowest BCUT2D eigenvalue weighted by Gasteiger charge is -2.35. The molecule has 0 amide bonds. The summed E-state index contributed by atoms with van der Waals surface area (Å²) in [5, 5.41) is 4.28. The van der Waals surface area contributed by atoms with E-state index in [1.165, 1.54) is 17.6 Å². The van der Waals surface area contributed by atoms with Gasteiger partial charge in [0.2, 0.25) is 0 Å². The van der Waals surface area contributed by atoms with Crippen molar-refractivity contribution in [1.82, 2.24) is 15.3 Å². The first-order valence-electron chi connectivity index (χ1n) is 8.61. The monoisotopic (exact) mass is 440 g/mol. The Balaban J connectivity index is 0.00000225. The van der Waals surface area contributed by atoms with Gasteiger partial charge in [0.1, 0.15) is 12.4 Å². The number of piperazine rings is 1. The first-order valence-corrected chi connectivity index (χ1v) is 11.3. The second kappa shape index (κ2) is 8.60. The Labute approximate surface area is 174 Å². The van der Waals surface area contributed by atoms with Crippen molar-refractivity contribution in [2.75, 3.05) is 37.4 Å². The maximum atomic E-state index is 11.8. The van der Waals surface area contributed by atoms with Gasteiger partial charge in [-0.3, -0.25) is 4.98 Å². The Hall–Kier alpha value is -1.94. The largest absolute Gasteiger partial charge is 0.490 e. The minimum Gasteiger partial charge on any atom is -0.490 e. The quantitative estimate of drug-likeness (QED) is 0.651. The maximum Gasteiger partial charge on any atom is 0.186 e. The fraction of sp³-hybridized carbons (Fsp3) is 0.333. The summed E-state index contributed by atoms with van der Waals surface area (Å²) in [6, 6.07) is 8.96. The van der Waals surface area contributed by atoms with Crippen LogP contribution in [0.5, 0.6) is 5.75 Å². The molecule has 0 spiro atoms. The van der Waals surface area contributed by atoms with E-state index in [1.54, 1.807) is 30.6 Å².